The van der Waals surface area contributed by atoms with Gasteiger partial charge < -0.3 is 19.5 Å². The Morgan fingerprint density at radius 3 is 2.80 bits per heavy atom. The fraction of sp³-hybridized carbons (Fsp3) is 0.556. The minimum absolute atomic E-state index is 0.156. The van der Waals surface area contributed by atoms with E-state index in [0.29, 0.717) is 19.7 Å². The van der Waals surface area contributed by atoms with E-state index in [9.17, 15) is 9.59 Å². The summed E-state index contributed by atoms with van der Waals surface area (Å²) in [6.07, 6.45) is -0.502. The number of hydrogen-bond donors (Lipinski definition) is 1. The van der Waals surface area contributed by atoms with Gasteiger partial charge in [0.05, 0.1) is 20.3 Å². The van der Waals surface area contributed by atoms with Gasteiger partial charge in [-0.15, -0.1) is 0 Å². The SMILES string of the molecule is COc1cccc(CNC(=O)C2COCCN2C(=O)OC(C)(C)C)c1. The zero-order valence-electron chi connectivity index (χ0n) is 15.2. The summed E-state index contributed by atoms with van der Waals surface area (Å²) in [4.78, 5) is 26.3. The third-order valence-electron chi connectivity index (χ3n) is 3.66. The monoisotopic (exact) mass is 350 g/mol. The fourth-order valence-electron chi connectivity index (χ4n) is 2.45. The molecule has 1 aromatic rings. The number of morpholine rings is 1. The molecule has 1 atom stereocenters. The van der Waals surface area contributed by atoms with Crippen molar-refractivity contribution in [2.75, 3.05) is 26.9 Å². The van der Waals surface area contributed by atoms with Crippen molar-refractivity contribution < 1.29 is 23.8 Å². The number of rotatable bonds is 4. The number of amides is 2. The minimum Gasteiger partial charge on any atom is -0.497 e. The van der Waals surface area contributed by atoms with Crippen LogP contribution in [0.1, 0.15) is 26.3 Å². The average Bonchev–Trinajstić information content (AvgIpc) is 2.58. The van der Waals surface area contributed by atoms with Gasteiger partial charge in [-0.25, -0.2) is 4.79 Å². The van der Waals surface area contributed by atoms with Crippen molar-refractivity contribution in [2.45, 2.75) is 39.0 Å². The molecule has 0 aromatic heterocycles. The highest BCUT2D eigenvalue weighted by atomic mass is 16.6. The predicted molar refractivity (Wildman–Crippen MR) is 92.4 cm³/mol. The van der Waals surface area contributed by atoms with Gasteiger partial charge in [-0.05, 0) is 38.5 Å². The fourth-order valence-corrected chi connectivity index (χ4v) is 2.45. The predicted octanol–water partition coefficient (Wildman–Crippen LogP) is 1.95. The maximum atomic E-state index is 12.5. The summed E-state index contributed by atoms with van der Waals surface area (Å²) in [5.74, 6) is 0.455. The zero-order chi connectivity index (χ0) is 18.4. The second-order valence-electron chi connectivity index (χ2n) is 6.83. The number of carbonyl (C=O) groups is 2. The van der Waals surface area contributed by atoms with E-state index >= 15 is 0 Å². The molecule has 25 heavy (non-hydrogen) atoms. The highest BCUT2D eigenvalue weighted by molar-refractivity contribution is 5.86. The molecule has 1 heterocycles. The maximum absolute atomic E-state index is 12.5. The topological polar surface area (TPSA) is 77.1 Å². The molecule has 1 saturated heterocycles. The third kappa shape index (κ3) is 5.63. The molecule has 1 aliphatic heterocycles. The Morgan fingerprint density at radius 1 is 1.36 bits per heavy atom. The quantitative estimate of drug-likeness (QED) is 0.898. The summed E-state index contributed by atoms with van der Waals surface area (Å²) in [6, 6.07) is 6.74. The lowest BCUT2D eigenvalue weighted by Crippen LogP contribution is -2.56. The lowest BCUT2D eigenvalue weighted by Gasteiger charge is -2.35. The van der Waals surface area contributed by atoms with Crippen LogP contribution in [0.5, 0.6) is 5.75 Å². The van der Waals surface area contributed by atoms with Crippen LogP contribution < -0.4 is 10.1 Å². The Bertz CT molecular complexity index is 612. The first-order chi connectivity index (χ1) is 11.8. The standard InChI is InChI=1S/C18H26N2O5/c1-18(2,3)25-17(22)20-8-9-24-12-15(20)16(21)19-11-13-6-5-7-14(10-13)23-4/h5-7,10,15H,8-9,11-12H2,1-4H3,(H,19,21). The molecule has 1 aliphatic rings. The van der Waals surface area contributed by atoms with Crippen LogP contribution >= 0.6 is 0 Å². The van der Waals surface area contributed by atoms with Crippen LogP contribution in [0, 0.1) is 0 Å². The smallest absolute Gasteiger partial charge is 0.411 e. The summed E-state index contributed by atoms with van der Waals surface area (Å²) in [6.45, 7) is 6.60. The van der Waals surface area contributed by atoms with Gasteiger partial charge in [-0.1, -0.05) is 12.1 Å². The van der Waals surface area contributed by atoms with E-state index in [-0.39, 0.29) is 12.5 Å². The van der Waals surface area contributed by atoms with E-state index in [0.717, 1.165) is 11.3 Å². The van der Waals surface area contributed by atoms with Crippen LogP contribution in [0.4, 0.5) is 4.79 Å². The Kier molecular flexibility index (Phi) is 6.25. The zero-order valence-corrected chi connectivity index (χ0v) is 15.2. The molecule has 0 spiro atoms. The number of nitrogens with zero attached hydrogens (tertiary/aromatic N) is 1. The molecule has 0 aliphatic carbocycles. The van der Waals surface area contributed by atoms with E-state index in [4.69, 9.17) is 14.2 Å². The molecule has 138 valence electrons. The van der Waals surface area contributed by atoms with Gasteiger partial charge in [0.2, 0.25) is 5.91 Å². The first-order valence-corrected chi connectivity index (χ1v) is 8.28. The first-order valence-electron chi connectivity index (χ1n) is 8.28. The molecular weight excluding hydrogens is 324 g/mol. The Hall–Kier alpha value is -2.28. The Labute approximate surface area is 148 Å². The summed E-state index contributed by atoms with van der Waals surface area (Å²) in [5, 5.41) is 2.84. The first kappa shape index (κ1) is 19.1. The minimum atomic E-state index is -0.700. The number of nitrogens with one attached hydrogen (secondary N) is 1. The molecule has 0 radical (unpaired) electrons. The van der Waals surface area contributed by atoms with Gasteiger partial charge in [-0.3, -0.25) is 9.69 Å². The Morgan fingerprint density at radius 2 is 2.12 bits per heavy atom. The van der Waals surface area contributed by atoms with Crippen LogP contribution in [0.3, 0.4) is 0 Å². The van der Waals surface area contributed by atoms with Crippen molar-refractivity contribution >= 4 is 12.0 Å². The number of methoxy groups -OCH3 is 1. The second kappa shape index (κ2) is 8.20. The molecule has 1 fully saturated rings. The van der Waals surface area contributed by atoms with Gasteiger partial charge in [0, 0.05) is 13.1 Å². The van der Waals surface area contributed by atoms with Crippen molar-refractivity contribution in [3.63, 3.8) is 0 Å². The van der Waals surface area contributed by atoms with Gasteiger partial charge in [0.1, 0.15) is 17.4 Å². The molecule has 1 aromatic carbocycles. The molecule has 1 unspecified atom stereocenters. The molecule has 2 amide bonds. The van der Waals surface area contributed by atoms with Crippen molar-refractivity contribution in [2.24, 2.45) is 0 Å². The van der Waals surface area contributed by atoms with Crippen LogP contribution in [0.15, 0.2) is 24.3 Å². The van der Waals surface area contributed by atoms with Crippen molar-refractivity contribution in [1.29, 1.82) is 0 Å². The highest BCUT2D eigenvalue weighted by Gasteiger charge is 2.35. The van der Waals surface area contributed by atoms with Crippen LogP contribution in [0.2, 0.25) is 0 Å². The molecule has 7 heteroatoms. The summed E-state index contributed by atoms with van der Waals surface area (Å²) < 4.78 is 15.9. The molecule has 0 bridgehead atoms. The molecule has 2 rings (SSSR count). The van der Waals surface area contributed by atoms with Gasteiger partial charge in [-0.2, -0.15) is 0 Å². The van der Waals surface area contributed by atoms with Crippen LogP contribution in [-0.2, 0) is 20.8 Å². The van der Waals surface area contributed by atoms with Crippen molar-refractivity contribution in [1.82, 2.24) is 10.2 Å². The summed E-state index contributed by atoms with van der Waals surface area (Å²) in [5.41, 5.74) is 0.296. The van der Waals surface area contributed by atoms with E-state index in [2.05, 4.69) is 5.32 Å². The lowest BCUT2D eigenvalue weighted by molar-refractivity contribution is -0.132. The largest absolute Gasteiger partial charge is 0.497 e. The molecular formula is C18H26N2O5. The lowest BCUT2D eigenvalue weighted by atomic mass is 10.2. The normalized spacial score (nSPS) is 17.8. The van der Waals surface area contributed by atoms with Gasteiger partial charge >= 0.3 is 6.09 Å². The summed E-state index contributed by atoms with van der Waals surface area (Å²) >= 11 is 0. The number of hydrogen-bond acceptors (Lipinski definition) is 5. The molecule has 0 saturated carbocycles. The highest BCUT2D eigenvalue weighted by Crippen LogP contribution is 2.16. The third-order valence-corrected chi connectivity index (χ3v) is 3.66. The van der Waals surface area contributed by atoms with E-state index in [1.807, 2.05) is 24.3 Å². The van der Waals surface area contributed by atoms with Crippen LogP contribution in [-0.4, -0.2) is 55.4 Å². The second-order valence-corrected chi connectivity index (χ2v) is 6.83. The molecule has 1 N–H and O–H groups in total. The van der Waals surface area contributed by atoms with E-state index in [1.165, 1.54) is 4.90 Å². The van der Waals surface area contributed by atoms with Crippen molar-refractivity contribution in [3.8, 4) is 5.75 Å². The van der Waals surface area contributed by atoms with E-state index in [1.54, 1.807) is 27.9 Å². The van der Waals surface area contributed by atoms with Crippen LogP contribution in [0.25, 0.3) is 0 Å². The van der Waals surface area contributed by atoms with Crippen molar-refractivity contribution in [3.05, 3.63) is 29.8 Å². The number of carbonyl (C=O) groups excluding carboxylic acids is 2. The maximum Gasteiger partial charge on any atom is 0.411 e. The number of benzene rings is 1. The van der Waals surface area contributed by atoms with Gasteiger partial charge in [0.15, 0.2) is 0 Å². The average molecular weight is 350 g/mol. The Balaban J connectivity index is 1.98. The van der Waals surface area contributed by atoms with Gasteiger partial charge in [0.25, 0.3) is 0 Å². The summed E-state index contributed by atoms with van der Waals surface area (Å²) in [7, 11) is 1.59. The van der Waals surface area contributed by atoms with E-state index < -0.39 is 17.7 Å². The number of ether oxygens (including phenoxy) is 3. The molecule has 7 nitrogen and oxygen atoms in total.